The van der Waals surface area contributed by atoms with E-state index in [9.17, 15) is 4.79 Å². The van der Waals surface area contributed by atoms with E-state index in [-0.39, 0.29) is 11.9 Å². The summed E-state index contributed by atoms with van der Waals surface area (Å²) in [5.74, 6) is 0.849. The predicted molar refractivity (Wildman–Crippen MR) is 87.7 cm³/mol. The highest BCUT2D eigenvalue weighted by atomic mass is 32.1. The van der Waals surface area contributed by atoms with Crippen LogP contribution in [-0.4, -0.2) is 36.6 Å². The maximum Gasteiger partial charge on any atom is 0.265 e. The molecule has 0 radical (unpaired) electrons. The van der Waals surface area contributed by atoms with Gasteiger partial charge in [-0.05, 0) is 25.2 Å². The first-order chi connectivity index (χ1) is 9.97. The SMILES string of the molecule is CC(C)CCCNC(=O)c1sc(N2CCC(N)C2)nc1N. The molecule has 0 saturated carbocycles. The van der Waals surface area contributed by atoms with Crippen LogP contribution in [0.2, 0.25) is 0 Å². The van der Waals surface area contributed by atoms with E-state index in [0.717, 1.165) is 37.5 Å². The molecule has 2 rings (SSSR count). The molecule has 1 amide bonds. The number of carbonyl (C=O) groups excluding carboxylic acids is 1. The number of thiazole rings is 1. The topological polar surface area (TPSA) is 97.3 Å². The number of carbonyl (C=O) groups is 1. The van der Waals surface area contributed by atoms with E-state index >= 15 is 0 Å². The molecule has 2 heterocycles. The quantitative estimate of drug-likeness (QED) is 0.691. The zero-order chi connectivity index (χ0) is 15.4. The molecule has 1 unspecified atom stereocenters. The molecule has 0 aromatic carbocycles. The van der Waals surface area contributed by atoms with Crippen molar-refractivity contribution in [2.24, 2.45) is 11.7 Å². The summed E-state index contributed by atoms with van der Waals surface area (Å²) < 4.78 is 0. The number of nitrogens with one attached hydrogen (secondary N) is 1. The third kappa shape index (κ3) is 4.31. The van der Waals surface area contributed by atoms with Crippen molar-refractivity contribution in [3.63, 3.8) is 0 Å². The lowest BCUT2D eigenvalue weighted by Gasteiger charge is -2.12. The molecule has 0 spiro atoms. The van der Waals surface area contributed by atoms with Crippen molar-refractivity contribution in [3.8, 4) is 0 Å². The Morgan fingerprint density at radius 3 is 2.95 bits per heavy atom. The highest BCUT2D eigenvalue weighted by Gasteiger charge is 2.24. The highest BCUT2D eigenvalue weighted by Crippen LogP contribution is 2.30. The maximum absolute atomic E-state index is 12.1. The minimum absolute atomic E-state index is 0.122. The molecule has 6 nitrogen and oxygen atoms in total. The van der Waals surface area contributed by atoms with Gasteiger partial charge < -0.3 is 21.7 Å². The Morgan fingerprint density at radius 2 is 2.33 bits per heavy atom. The molecule has 1 atom stereocenters. The van der Waals surface area contributed by atoms with Gasteiger partial charge in [0.1, 0.15) is 10.7 Å². The van der Waals surface area contributed by atoms with Gasteiger partial charge in [-0.2, -0.15) is 0 Å². The van der Waals surface area contributed by atoms with Gasteiger partial charge in [0.15, 0.2) is 5.13 Å². The number of hydrogen-bond donors (Lipinski definition) is 3. The van der Waals surface area contributed by atoms with E-state index in [4.69, 9.17) is 11.5 Å². The summed E-state index contributed by atoms with van der Waals surface area (Å²) in [7, 11) is 0. The van der Waals surface area contributed by atoms with Crippen molar-refractivity contribution in [1.29, 1.82) is 0 Å². The van der Waals surface area contributed by atoms with Crippen LogP contribution in [0.5, 0.6) is 0 Å². The second kappa shape index (κ2) is 7.09. The average molecular weight is 311 g/mol. The average Bonchev–Trinajstić information content (AvgIpc) is 3.00. The first-order valence-electron chi connectivity index (χ1n) is 7.52. The Labute approximate surface area is 129 Å². The number of rotatable bonds is 6. The Bertz CT molecular complexity index is 488. The lowest BCUT2D eigenvalue weighted by Crippen LogP contribution is -2.26. The summed E-state index contributed by atoms with van der Waals surface area (Å²) in [5.41, 5.74) is 11.8. The molecule has 1 fully saturated rings. The standard InChI is InChI=1S/C14H25N5OS/c1-9(2)4-3-6-17-13(20)11-12(16)18-14(21-11)19-7-5-10(15)8-19/h9-10H,3-8,15-16H2,1-2H3,(H,17,20). The Balaban J connectivity index is 1.90. The van der Waals surface area contributed by atoms with Crippen molar-refractivity contribution >= 4 is 28.2 Å². The maximum atomic E-state index is 12.1. The summed E-state index contributed by atoms with van der Waals surface area (Å²) in [6.07, 6.45) is 3.04. The molecular formula is C14H25N5OS. The number of nitrogens with zero attached hydrogens (tertiary/aromatic N) is 2. The van der Waals surface area contributed by atoms with E-state index in [1.807, 2.05) is 0 Å². The lowest BCUT2D eigenvalue weighted by molar-refractivity contribution is 0.0957. The van der Waals surface area contributed by atoms with Crippen molar-refractivity contribution in [1.82, 2.24) is 10.3 Å². The Kier molecular flexibility index (Phi) is 5.41. The van der Waals surface area contributed by atoms with E-state index in [1.54, 1.807) is 0 Å². The van der Waals surface area contributed by atoms with Crippen LogP contribution < -0.4 is 21.7 Å². The number of hydrogen-bond acceptors (Lipinski definition) is 6. The summed E-state index contributed by atoms with van der Waals surface area (Å²) in [6.45, 7) is 6.69. The second-order valence-electron chi connectivity index (χ2n) is 6.00. The van der Waals surface area contributed by atoms with Crippen LogP contribution in [0.3, 0.4) is 0 Å². The largest absolute Gasteiger partial charge is 0.382 e. The minimum atomic E-state index is -0.122. The van der Waals surface area contributed by atoms with E-state index in [0.29, 0.717) is 23.2 Å². The van der Waals surface area contributed by atoms with E-state index in [1.165, 1.54) is 11.3 Å². The molecule has 118 valence electrons. The second-order valence-corrected chi connectivity index (χ2v) is 6.98. The Morgan fingerprint density at radius 1 is 1.57 bits per heavy atom. The monoisotopic (exact) mass is 311 g/mol. The number of aromatic nitrogens is 1. The van der Waals surface area contributed by atoms with Crippen molar-refractivity contribution in [2.45, 2.75) is 39.2 Å². The summed E-state index contributed by atoms with van der Waals surface area (Å²) in [4.78, 5) is 19.1. The predicted octanol–water partition coefficient (Wildman–Crippen LogP) is 1.43. The van der Waals surface area contributed by atoms with Crippen LogP contribution in [0, 0.1) is 5.92 Å². The molecule has 0 bridgehead atoms. The van der Waals surface area contributed by atoms with Crippen LogP contribution in [0.15, 0.2) is 0 Å². The fraction of sp³-hybridized carbons (Fsp3) is 0.714. The van der Waals surface area contributed by atoms with Crippen LogP contribution in [0.4, 0.5) is 10.9 Å². The van der Waals surface area contributed by atoms with Gasteiger partial charge in [0.05, 0.1) is 0 Å². The van der Waals surface area contributed by atoms with Gasteiger partial charge in [-0.25, -0.2) is 4.98 Å². The third-order valence-corrected chi connectivity index (χ3v) is 4.72. The highest BCUT2D eigenvalue weighted by molar-refractivity contribution is 7.18. The van der Waals surface area contributed by atoms with Gasteiger partial charge >= 0.3 is 0 Å². The van der Waals surface area contributed by atoms with Crippen LogP contribution in [0.1, 0.15) is 42.8 Å². The van der Waals surface area contributed by atoms with Gasteiger partial charge in [-0.3, -0.25) is 4.79 Å². The Hall–Kier alpha value is -1.34. The number of anilines is 2. The normalized spacial score (nSPS) is 18.5. The summed E-state index contributed by atoms with van der Waals surface area (Å²) in [6, 6.07) is 0.184. The molecule has 1 aliphatic heterocycles. The molecule has 7 heteroatoms. The number of nitrogen functional groups attached to an aromatic ring is 1. The van der Waals surface area contributed by atoms with Gasteiger partial charge in [0, 0.05) is 25.7 Å². The van der Waals surface area contributed by atoms with E-state index in [2.05, 4.69) is 29.0 Å². The molecule has 0 aliphatic carbocycles. The molecular weight excluding hydrogens is 286 g/mol. The first-order valence-corrected chi connectivity index (χ1v) is 8.34. The number of amides is 1. The van der Waals surface area contributed by atoms with Gasteiger partial charge in [-0.1, -0.05) is 25.2 Å². The molecule has 1 aliphatic rings. The van der Waals surface area contributed by atoms with Gasteiger partial charge in [0.25, 0.3) is 5.91 Å². The molecule has 5 N–H and O–H groups in total. The fourth-order valence-electron chi connectivity index (χ4n) is 2.37. The molecule has 1 aromatic heterocycles. The summed E-state index contributed by atoms with van der Waals surface area (Å²) >= 11 is 1.35. The third-order valence-electron chi connectivity index (χ3n) is 3.59. The molecule has 21 heavy (non-hydrogen) atoms. The molecule has 1 saturated heterocycles. The van der Waals surface area contributed by atoms with Gasteiger partial charge in [-0.15, -0.1) is 0 Å². The van der Waals surface area contributed by atoms with Crippen LogP contribution in [0.25, 0.3) is 0 Å². The van der Waals surface area contributed by atoms with E-state index < -0.39 is 0 Å². The van der Waals surface area contributed by atoms with Crippen molar-refractivity contribution in [3.05, 3.63) is 4.88 Å². The van der Waals surface area contributed by atoms with Crippen molar-refractivity contribution in [2.75, 3.05) is 30.3 Å². The number of nitrogens with two attached hydrogens (primary N) is 2. The molecule has 1 aromatic rings. The fourth-order valence-corrected chi connectivity index (χ4v) is 3.31. The van der Waals surface area contributed by atoms with Crippen molar-refractivity contribution < 1.29 is 4.79 Å². The lowest BCUT2D eigenvalue weighted by atomic mass is 10.1. The van der Waals surface area contributed by atoms with Crippen LogP contribution in [-0.2, 0) is 0 Å². The zero-order valence-electron chi connectivity index (χ0n) is 12.8. The van der Waals surface area contributed by atoms with Crippen LogP contribution >= 0.6 is 11.3 Å². The zero-order valence-corrected chi connectivity index (χ0v) is 13.6. The van der Waals surface area contributed by atoms with Gasteiger partial charge in [0.2, 0.25) is 0 Å². The minimum Gasteiger partial charge on any atom is -0.382 e. The smallest absolute Gasteiger partial charge is 0.265 e. The summed E-state index contributed by atoms with van der Waals surface area (Å²) in [5, 5.41) is 3.71. The first kappa shape index (κ1) is 16.0.